The molecule has 0 atom stereocenters. The molecule has 4 nitrogen and oxygen atoms in total. The summed E-state index contributed by atoms with van der Waals surface area (Å²) in [6.45, 7) is 0.765. The summed E-state index contributed by atoms with van der Waals surface area (Å²) in [5.74, 6) is 1.40. The van der Waals surface area contributed by atoms with Crippen molar-refractivity contribution in [3.63, 3.8) is 0 Å². The fraction of sp³-hybridized carbons (Fsp3) is 0.600. The highest BCUT2D eigenvalue weighted by Crippen LogP contribution is 2.25. The van der Waals surface area contributed by atoms with Crippen molar-refractivity contribution >= 4 is 11.7 Å². The Kier molecular flexibility index (Phi) is 5.19. The average molecular weight is 261 g/mol. The predicted octanol–water partition coefficient (Wildman–Crippen LogP) is 2.82. The molecule has 1 aliphatic carbocycles. The van der Waals surface area contributed by atoms with Crippen molar-refractivity contribution < 1.29 is 4.79 Å². The first-order valence-electron chi connectivity index (χ1n) is 7.22. The first kappa shape index (κ1) is 13.8. The summed E-state index contributed by atoms with van der Waals surface area (Å²) in [6.07, 6.45) is 9.51. The van der Waals surface area contributed by atoms with E-state index in [0.29, 0.717) is 11.4 Å². The molecule has 104 valence electrons. The van der Waals surface area contributed by atoms with Crippen molar-refractivity contribution in [2.75, 3.05) is 18.9 Å². The van der Waals surface area contributed by atoms with E-state index in [1.54, 1.807) is 25.4 Å². The van der Waals surface area contributed by atoms with E-state index < -0.39 is 0 Å². The van der Waals surface area contributed by atoms with E-state index >= 15 is 0 Å². The van der Waals surface area contributed by atoms with Crippen LogP contribution < -0.4 is 10.6 Å². The Morgan fingerprint density at radius 1 is 1.37 bits per heavy atom. The predicted molar refractivity (Wildman–Crippen MR) is 77.3 cm³/mol. The third-order valence-electron chi connectivity index (χ3n) is 3.85. The lowest BCUT2D eigenvalue weighted by molar-refractivity contribution is 0.0951. The van der Waals surface area contributed by atoms with Gasteiger partial charge in [0.25, 0.3) is 5.91 Å². The van der Waals surface area contributed by atoms with Crippen LogP contribution in [0.15, 0.2) is 18.3 Å². The standard InChI is InChI=1S/C15H23N3O/c1-16-14-13(8-5-10-17-14)15(19)18-11-9-12-6-3-2-4-7-12/h5,8,10,12H,2-4,6-7,9,11H2,1H3,(H,16,17)(H,18,19). The molecule has 0 bridgehead atoms. The zero-order valence-electron chi connectivity index (χ0n) is 11.6. The molecular formula is C15H23N3O. The highest BCUT2D eigenvalue weighted by molar-refractivity contribution is 5.98. The van der Waals surface area contributed by atoms with Crippen molar-refractivity contribution in [2.24, 2.45) is 5.92 Å². The summed E-state index contributed by atoms with van der Waals surface area (Å²) in [5.41, 5.74) is 0.619. The van der Waals surface area contributed by atoms with Gasteiger partial charge in [0, 0.05) is 19.8 Å². The van der Waals surface area contributed by atoms with Crippen LogP contribution in [0.5, 0.6) is 0 Å². The number of hydrogen-bond acceptors (Lipinski definition) is 3. The molecule has 1 aromatic heterocycles. The van der Waals surface area contributed by atoms with Crippen molar-refractivity contribution in [3.05, 3.63) is 23.9 Å². The lowest BCUT2D eigenvalue weighted by Gasteiger charge is -2.21. The molecule has 1 aliphatic rings. The van der Waals surface area contributed by atoms with Crippen LogP contribution >= 0.6 is 0 Å². The first-order chi connectivity index (χ1) is 9.31. The summed E-state index contributed by atoms with van der Waals surface area (Å²) in [4.78, 5) is 16.2. The molecular weight excluding hydrogens is 238 g/mol. The van der Waals surface area contributed by atoms with Gasteiger partial charge in [-0.25, -0.2) is 4.98 Å². The average Bonchev–Trinajstić information content (AvgIpc) is 2.48. The van der Waals surface area contributed by atoms with Crippen LogP contribution in [0, 0.1) is 5.92 Å². The number of nitrogens with zero attached hydrogens (tertiary/aromatic N) is 1. The van der Waals surface area contributed by atoms with Gasteiger partial charge in [0.2, 0.25) is 0 Å². The van der Waals surface area contributed by atoms with Crippen LogP contribution in [-0.2, 0) is 0 Å². The number of anilines is 1. The minimum absolute atomic E-state index is 0.0340. The number of amides is 1. The van der Waals surface area contributed by atoms with Crippen LogP contribution in [0.25, 0.3) is 0 Å². The Hall–Kier alpha value is -1.58. The quantitative estimate of drug-likeness (QED) is 0.857. The third kappa shape index (κ3) is 3.94. The van der Waals surface area contributed by atoms with Gasteiger partial charge in [0.1, 0.15) is 5.82 Å². The molecule has 1 heterocycles. The zero-order valence-corrected chi connectivity index (χ0v) is 11.6. The van der Waals surface area contributed by atoms with Crippen LogP contribution in [0.3, 0.4) is 0 Å². The van der Waals surface area contributed by atoms with Crippen molar-refractivity contribution in [3.8, 4) is 0 Å². The van der Waals surface area contributed by atoms with E-state index in [0.717, 1.165) is 18.9 Å². The molecule has 19 heavy (non-hydrogen) atoms. The molecule has 1 saturated carbocycles. The smallest absolute Gasteiger partial charge is 0.255 e. The highest BCUT2D eigenvalue weighted by Gasteiger charge is 2.14. The van der Waals surface area contributed by atoms with Gasteiger partial charge in [0.15, 0.2) is 0 Å². The Balaban J connectivity index is 1.80. The Morgan fingerprint density at radius 3 is 2.89 bits per heavy atom. The minimum Gasteiger partial charge on any atom is -0.372 e. The highest BCUT2D eigenvalue weighted by atomic mass is 16.1. The number of aromatic nitrogens is 1. The number of carbonyl (C=O) groups is 1. The second-order valence-electron chi connectivity index (χ2n) is 5.20. The van der Waals surface area contributed by atoms with Gasteiger partial charge in [0.05, 0.1) is 5.56 Å². The molecule has 0 unspecified atom stereocenters. The summed E-state index contributed by atoms with van der Waals surface area (Å²) in [6, 6.07) is 3.59. The maximum atomic E-state index is 12.1. The van der Waals surface area contributed by atoms with Gasteiger partial charge in [-0.15, -0.1) is 0 Å². The molecule has 1 fully saturated rings. The van der Waals surface area contributed by atoms with Gasteiger partial charge in [-0.3, -0.25) is 4.79 Å². The topological polar surface area (TPSA) is 54.0 Å². The molecule has 2 rings (SSSR count). The molecule has 1 amide bonds. The van der Waals surface area contributed by atoms with Crippen molar-refractivity contribution in [2.45, 2.75) is 38.5 Å². The number of nitrogens with one attached hydrogen (secondary N) is 2. The van der Waals surface area contributed by atoms with E-state index in [9.17, 15) is 4.79 Å². The van der Waals surface area contributed by atoms with Gasteiger partial charge >= 0.3 is 0 Å². The molecule has 0 aromatic carbocycles. The molecule has 2 N–H and O–H groups in total. The van der Waals surface area contributed by atoms with Crippen molar-refractivity contribution in [1.82, 2.24) is 10.3 Å². The fourth-order valence-corrected chi connectivity index (χ4v) is 2.75. The summed E-state index contributed by atoms with van der Waals surface area (Å²) in [7, 11) is 1.78. The number of rotatable bonds is 5. The van der Waals surface area contributed by atoms with Crippen LogP contribution in [0.4, 0.5) is 5.82 Å². The maximum Gasteiger partial charge on any atom is 0.255 e. The van der Waals surface area contributed by atoms with Crippen LogP contribution in [-0.4, -0.2) is 24.5 Å². The molecule has 1 aromatic rings. The van der Waals surface area contributed by atoms with E-state index in [-0.39, 0.29) is 5.91 Å². The van der Waals surface area contributed by atoms with E-state index in [1.807, 2.05) is 0 Å². The summed E-state index contributed by atoms with van der Waals surface area (Å²) < 4.78 is 0. The largest absolute Gasteiger partial charge is 0.372 e. The second-order valence-corrected chi connectivity index (χ2v) is 5.20. The SMILES string of the molecule is CNc1ncccc1C(=O)NCCC1CCCCC1. The monoisotopic (exact) mass is 261 g/mol. The van der Waals surface area contributed by atoms with Crippen LogP contribution in [0.1, 0.15) is 48.9 Å². The lowest BCUT2D eigenvalue weighted by atomic mass is 9.87. The molecule has 0 saturated heterocycles. The maximum absolute atomic E-state index is 12.1. The molecule has 0 radical (unpaired) electrons. The van der Waals surface area contributed by atoms with E-state index in [4.69, 9.17) is 0 Å². The molecule has 0 spiro atoms. The summed E-state index contributed by atoms with van der Waals surface area (Å²) in [5, 5.41) is 5.95. The Labute approximate surface area is 115 Å². The molecule has 0 aliphatic heterocycles. The fourth-order valence-electron chi connectivity index (χ4n) is 2.75. The first-order valence-corrected chi connectivity index (χ1v) is 7.22. The van der Waals surface area contributed by atoms with Gasteiger partial charge in [-0.2, -0.15) is 0 Å². The van der Waals surface area contributed by atoms with Gasteiger partial charge in [-0.05, 0) is 24.5 Å². The van der Waals surface area contributed by atoms with Gasteiger partial charge in [-0.1, -0.05) is 32.1 Å². The Morgan fingerprint density at radius 2 is 2.16 bits per heavy atom. The Bertz CT molecular complexity index is 414. The number of pyridine rings is 1. The van der Waals surface area contributed by atoms with Gasteiger partial charge < -0.3 is 10.6 Å². The minimum atomic E-state index is -0.0340. The number of carbonyl (C=O) groups excluding carboxylic acids is 1. The van der Waals surface area contributed by atoms with Crippen molar-refractivity contribution in [1.29, 1.82) is 0 Å². The normalized spacial score (nSPS) is 16.1. The third-order valence-corrected chi connectivity index (χ3v) is 3.85. The van der Waals surface area contributed by atoms with E-state index in [2.05, 4.69) is 15.6 Å². The zero-order chi connectivity index (χ0) is 13.5. The van der Waals surface area contributed by atoms with Crippen LogP contribution in [0.2, 0.25) is 0 Å². The summed E-state index contributed by atoms with van der Waals surface area (Å²) >= 11 is 0. The van der Waals surface area contributed by atoms with E-state index in [1.165, 1.54) is 32.1 Å². The lowest BCUT2D eigenvalue weighted by Crippen LogP contribution is -2.27. The molecule has 4 heteroatoms. The second kappa shape index (κ2) is 7.12. The number of hydrogen-bond donors (Lipinski definition) is 2.